The van der Waals surface area contributed by atoms with Crippen molar-refractivity contribution in [1.82, 2.24) is 15.1 Å². The van der Waals surface area contributed by atoms with E-state index in [1.165, 1.54) is 12.8 Å². The van der Waals surface area contributed by atoms with Crippen molar-refractivity contribution < 1.29 is 4.74 Å². The van der Waals surface area contributed by atoms with Gasteiger partial charge in [0.1, 0.15) is 0 Å². The number of fused-ring (bicyclic) bond motifs is 5. The molecule has 3 saturated heterocycles. The van der Waals surface area contributed by atoms with Crippen LogP contribution in [0.25, 0.3) is 0 Å². The van der Waals surface area contributed by atoms with E-state index in [-0.39, 0.29) is 5.41 Å². The molecule has 3 rings (SSSR count). The standard InChI is InChI=1S/C17H32N4O/c1-17(2,11-20(4)5)10-19-16(18-3)21-8-12-13(9-21)15-7-6-14(12)22-15/h12-15H,6-11H2,1-5H3,(H,18,19). The number of hydrogen-bond donors (Lipinski definition) is 1. The number of nitrogens with one attached hydrogen (secondary N) is 1. The van der Waals surface area contributed by atoms with Gasteiger partial charge in [-0.1, -0.05) is 13.8 Å². The lowest BCUT2D eigenvalue weighted by molar-refractivity contribution is 0.0766. The van der Waals surface area contributed by atoms with Crippen LogP contribution in [-0.4, -0.2) is 75.3 Å². The predicted octanol–water partition coefficient (Wildman–Crippen LogP) is 1.26. The van der Waals surface area contributed by atoms with Crippen molar-refractivity contribution in [3.63, 3.8) is 0 Å². The molecule has 3 aliphatic rings. The summed E-state index contributed by atoms with van der Waals surface area (Å²) in [4.78, 5) is 9.23. The van der Waals surface area contributed by atoms with Crippen molar-refractivity contribution >= 4 is 5.96 Å². The SMILES string of the molecule is CN=C(NCC(C)(C)CN(C)C)N1CC2C3CCC(O3)C2C1. The molecule has 4 unspecified atom stereocenters. The van der Waals surface area contributed by atoms with Gasteiger partial charge in [0.2, 0.25) is 0 Å². The number of hydrogen-bond acceptors (Lipinski definition) is 3. The second-order valence-electron chi connectivity index (χ2n) is 8.33. The molecule has 22 heavy (non-hydrogen) atoms. The van der Waals surface area contributed by atoms with E-state index in [1.807, 2.05) is 7.05 Å². The van der Waals surface area contributed by atoms with Crippen LogP contribution in [0, 0.1) is 17.3 Å². The van der Waals surface area contributed by atoms with Crippen LogP contribution in [0.2, 0.25) is 0 Å². The van der Waals surface area contributed by atoms with Gasteiger partial charge in [-0.2, -0.15) is 0 Å². The molecule has 1 N–H and O–H groups in total. The predicted molar refractivity (Wildman–Crippen MR) is 90.1 cm³/mol. The molecule has 0 saturated carbocycles. The Labute approximate surface area is 135 Å². The lowest BCUT2D eigenvalue weighted by Gasteiger charge is -2.31. The molecule has 0 radical (unpaired) electrons. The second-order valence-corrected chi connectivity index (χ2v) is 8.33. The molecule has 0 aromatic rings. The summed E-state index contributed by atoms with van der Waals surface area (Å²) in [6.07, 6.45) is 3.56. The number of guanidine groups is 1. The van der Waals surface area contributed by atoms with Gasteiger partial charge in [0.05, 0.1) is 12.2 Å². The van der Waals surface area contributed by atoms with Crippen molar-refractivity contribution in [2.45, 2.75) is 38.9 Å². The van der Waals surface area contributed by atoms with Gasteiger partial charge in [0, 0.05) is 45.1 Å². The molecule has 126 valence electrons. The smallest absolute Gasteiger partial charge is 0.193 e. The number of ether oxygens (including phenoxy) is 1. The van der Waals surface area contributed by atoms with Crippen molar-refractivity contribution in [3.05, 3.63) is 0 Å². The number of nitrogens with zero attached hydrogens (tertiary/aromatic N) is 3. The summed E-state index contributed by atoms with van der Waals surface area (Å²) < 4.78 is 6.07. The number of rotatable bonds is 4. The Morgan fingerprint density at radius 3 is 2.32 bits per heavy atom. The van der Waals surface area contributed by atoms with Crippen LogP contribution >= 0.6 is 0 Å². The van der Waals surface area contributed by atoms with E-state index in [9.17, 15) is 0 Å². The van der Waals surface area contributed by atoms with E-state index in [0.717, 1.165) is 44.0 Å². The van der Waals surface area contributed by atoms with E-state index in [2.05, 4.69) is 48.1 Å². The average molecular weight is 308 g/mol. The average Bonchev–Trinajstić information content (AvgIpc) is 3.09. The zero-order chi connectivity index (χ0) is 15.9. The van der Waals surface area contributed by atoms with Gasteiger partial charge in [0.25, 0.3) is 0 Å². The molecule has 0 spiro atoms. The molecule has 5 heteroatoms. The minimum atomic E-state index is 0.233. The Kier molecular flexibility index (Phi) is 4.38. The van der Waals surface area contributed by atoms with Crippen LogP contribution in [0.15, 0.2) is 4.99 Å². The molecule has 5 nitrogen and oxygen atoms in total. The summed E-state index contributed by atoms with van der Waals surface area (Å²) in [5.74, 6) is 2.53. The van der Waals surface area contributed by atoms with Gasteiger partial charge in [-0.25, -0.2) is 0 Å². The summed E-state index contributed by atoms with van der Waals surface area (Å²) in [5, 5.41) is 3.60. The number of aliphatic imine (C=N–C) groups is 1. The van der Waals surface area contributed by atoms with E-state index >= 15 is 0 Å². The quantitative estimate of drug-likeness (QED) is 0.627. The highest BCUT2D eigenvalue weighted by molar-refractivity contribution is 5.80. The van der Waals surface area contributed by atoms with Gasteiger partial charge >= 0.3 is 0 Å². The van der Waals surface area contributed by atoms with Gasteiger partial charge < -0.3 is 19.9 Å². The monoisotopic (exact) mass is 308 g/mol. The van der Waals surface area contributed by atoms with Crippen molar-refractivity contribution in [2.24, 2.45) is 22.2 Å². The van der Waals surface area contributed by atoms with Crippen LogP contribution in [0.5, 0.6) is 0 Å². The van der Waals surface area contributed by atoms with Crippen LogP contribution < -0.4 is 5.32 Å². The molecule has 4 atom stereocenters. The normalized spacial score (nSPS) is 34.6. The molecule has 0 amide bonds. The largest absolute Gasteiger partial charge is 0.374 e. The molecular weight excluding hydrogens is 276 g/mol. The van der Waals surface area contributed by atoms with E-state index in [0.29, 0.717) is 12.2 Å². The fraction of sp³-hybridized carbons (Fsp3) is 0.941. The zero-order valence-corrected chi connectivity index (χ0v) is 14.8. The van der Waals surface area contributed by atoms with Crippen LogP contribution in [0.4, 0.5) is 0 Å². The lowest BCUT2D eigenvalue weighted by Crippen LogP contribution is -2.46. The minimum absolute atomic E-state index is 0.233. The zero-order valence-electron chi connectivity index (χ0n) is 14.8. The topological polar surface area (TPSA) is 40.1 Å². The first-order valence-corrected chi connectivity index (χ1v) is 8.65. The third-order valence-corrected chi connectivity index (χ3v) is 5.43. The van der Waals surface area contributed by atoms with Crippen molar-refractivity contribution in [1.29, 1.82) is 0 Å². The first kappa shape index (κ1) is 16.1. The highest BCUT2D eigenvalue weighted by Crippen LogP contribution is 2.47. The fourth-order valence-electron chi connectivity index (χ4n) is 4.70. The first-order valence-electron chi connectivity index (χ1n) is 8.65. The summed E-state index contributed by atoms with van der Waals surface area (Å²) in [7, 11) is 6.17. The van der Waals surface area contributed by atoms with Crippen LogP contribution in [0.1, 0.15) is 26.7 Å². The van der Waals surface area contributed by atoms with E-state index < -0.39 is 0 Å². The highest BCUT2D eigenvalue weighted by Gasteiger charge is 2.53. The van der Waals surface area contributed by atoms with Crippen molar-refractivity contribution in [3.8, 4) is 0 Å². The Morgan fingerprint density at radius 1 is 1.23 bits per heavy atom. The minimum Gasteiger partial charge on any atom is -0.374 e. The van der Waals surface area contributed by atoms with Crippen LogP contribution in [-0.2, 0) is 4.74 Å². The Morgan fingerprint density at radius 2 is 1.82 bits per heavy atom. The van der Waals surface area contributed by atoms with E-state index in [1.54, 1.807) is 0 Å². The summed E-state index contributed by atoms with van der Waals surface area (Å²) >= 11 is 0. The number of likely N-dealkylation sites (tertiary alicyclic amines) is 1. The van der Waals surface area contributed by atoms with Gasteiger partial charge in [-0.05, 0) is 32.4 Å². The summed E-state index contributed by atoms with van der Waals surface area (Å²) in [6.45, 7) is 8.85. The van der Waals surface area contributed by atoms with Gasteiger partial charge in [-0.15, -0.1) is 0 Å². The Balaban J connectivity index is 1.55. The van der Waals surface area contributed by atoms with Crippen LogP contribution in [0.3, 0.4) is 0 Å². The third kappa shape index (κ3) is 3.11. The molecular formula is C17H32N4O. The fourth-order valence-corrected chi connectivity index (χ4v) is 4.70. The molecule has 2 bridgehead atoms. The summed E-state index contributed by atoms with van der Waals surface area (Å²) in [5.41, 5.74) is 0.233. The Hall–Kier alpha value is -0.810. The maximum absolute atomic E-state index is 6.07. The van der Waals surface area contributed by atoms with Crippen molar-refractivity contribution in [2.75, 3.05) is 47.3 Å². The molecule has 3 aliphatic heterocycles. The Bertz CT molecular complexity index is 416. The maximum Gasteiger partial charge on any atom is 0.193 e. The molecule has 3 fully saturated rings. The highest BCUT2D eigenvalue weighted by atomic mass is 16.5. The first-order chi connectivity index (χ1) is 10.4. The van der Waals surface area contributed by atoms with E-state index in [4.69, 9.17) is 4.74 Å². The van der Waals surface area contributed by atoms with Gasteiger partial charge in [-0.3, -0.25) is 4.99 Å². The lowest BCUT2D eigenvalue weighted by atomic mass is 9.82. The molecule has 3 heterocycles. The second kappa shape index (κ2) is 6.00. The molecule has 0 aliphatic carbocycles. The maximum atomic E-state index is 6.07. The molecule has 0 aromatic heterocycles. The third-order valence-electron chi connectivity index (χ3n) is 5.43. The summed E-state index contributed by atoms with van der Waals surface area (Å²) in [6, 6.07) is 0. The molecule has 0 aromatic carbocycles. The van der Waals surface area contributed by atoms with Gasteiger partial charge in [0.15, 0.2) is 5.96 Å².